The number of likely N-dealkylation sites (tertiary alicyclic amines) is 1. The first-order valence-corrected chi connectivity index (χ1v) is 7.11. The van der Waals surface area contributed by atoms with E-state index in [0.29, 0.717) is 6.67 Å². The summed E-state index contributed by atoms with van der Waals surface area (Å²) in [5.74, 6) is -0.227. The number of rotatable bonds is 5. The number of esters is 1. The second-order valence-corrected chi connectivity index (χ2v) is 4.98. The molecule has 1 fully saturated rings. The Balaban J connectivity index is 1.81. The minimum absolute atomic E-state index is 0.227. The summed E-state index contributed by atoms with van der Waals surface area (Å²) in [5.41, 5.74) is 0.971. The van der Waals surface area contributed by atoms with Crippen molar-refractivity contribution in [2.45, 2.75) is 25.5 Å². The van der Waals surface area contributed by atoms with Crippen molar-refractivity contribution in [2.24, 2.45) is 0 Å². The van der Waals surface area contributed by atoms with E-state index in [1.807, 2.05) is 35.2 Å². The van der Waals surface area contributed by atoms with Gasteiger partial charge in [0.25, 0.3) is 0 Å². The average Bonchev–Trinajstić information content (AvgIpc) is 2.99. The Morgan fingerprint density at radius 3 is 2.81 bits per heavy atom. The van der Waals surface area contributed by atoms with Crippen LogP contribution >= 0.6 is 0 Å². The SMILES string of the molecule is CNC(=O)NCN1CCCC1C(=O)OCc1ccccc1. The topological polar surface area (TPSA) is 70.7 Å². The largest absolute Gasteiger partial charge is 0.460 e. The lowest BCUT2D eigenvalue weighted by Gasteiger charge is -2.23. The zero-order chi connectivity index (χ0) is 15.1. The van der Waals surface area contributed by atoms with Gasteiger partial charge in [-0.2, -0.15) is 0 Å². The van der Waals surface area contributed by atoms with E-state index in [0.717, 1.165) is 24.9 Å². The first-order chi connectivity index (χ1) is 10.2. The van der Waals surface area contributed by atoms with Crippen LogP contribution in [0.4, 0.5) is 4.79 Å². The highest BCUT2D eigenvalue weighted by atomic mass is 16.5. The van der Waals surface area contributed by atoms with Gasteiger partial charge in [0.2, 0.25) is 0 Å². The van der Waals surface area contributed by atoms with Crippen molar-refractivity contribution < 1.29 is 14.3 Å². The van der Waals surface area contributed by atoms with E-state index in [2.05, 4.69) is 10.6 Å². The van der Waals surface area contributed by atoms with Gasteiger partial charge in [0.1, 0.15) is 12.6 Å². The minimum atomic E-state index is -0.272. The lowest BCUT2D eigenvalue weighted by atomic mass is 10.2. The van der Waals surface area contributed by atoms with Crippen LogP contribution in [0.15, 0.2) is 30.3 Å². The molecular weight excluding hydrogens is 270 g/mol. The third-order valence-corrected chi connectivity index (χ3v) is 3.53. The van der Waals surface area contributed by atoms with Crippen molar-refractivity contribution in [2.75, 3.05) is 20.3 Å². The van der Waals surface area contributed by atoms with Crippen LogP contribution in [0.1, 0.15) is 18.4 Å². The van der Waals surface area contributed by atoms with Crippen LogP contribution in [0.3, 0.4) is 0 Å². The molecule has 1 aliphatic rings. The average molecular weight is 291 g/mol. The Bertz CT molecular complexity index is 478. The Morgan fingerprint density at radius 2 is 2.10 bits per heavy atom. The maximum atomic E-state index is 12.2. The molecule has 1 aromatic rings. The Morgan fingerprint density at radius 1 is 1.33 bits per heavy atom. The number of nitrogens with zero attached hydrogens (tertiary/aromatic N) is 1. The third-order valence-electron chi connectivity index (χ3n) is 3.53. The Labute approximate surface area is 124 Å². The van der Waals surface area contributed by atoms with Gasteiger partial charge in [-0.1, -0.05) is 30.3 Å². The van der Waals surface area contributed by atoms with Crippen LogP contribution in [-0.4, -0.2) is 43.2 Å². The highest BCUT2D eigenvalue weighted by Gasteiger charge is 2.31. The molecule has 0 aromatic heterocycles. The number of hydrogen-bond acceptors (Lipinski definition) is 4. The Kier molecular flexibility index (Phi) is 5.57. The number of amides is 2. The molecule has 0 bridgehead atoms. The molecule has 1 aromatic carbocycles. The predicted molar refractivity (Wildman–Crippen MR) is 78.4 cm³/mol. The zero-order valence-electron chi connectivity index (χ0n) is 12.2. The molecule has 1 aliphatic heterocycles. The molecule has 1 unspecified atom stereocenters. The molecule has 6 nitrogen and oxygen atoms in total. The fourth-order valence-corrected chi connectivity index (χ4v) is 2.37. The van der Waals surface area contributed by atoms with Crippen molar-refractivity contribution >= 4 is 12.0 Å². The van der Waals surface area contributed by atoms with E-state index < -0.39 is 0 Å². The molecule has 0 aliphatic carbocycles. The van der Waals surface area contributed by atoms with E-state index in [9.17, 15) is 9.59 Å². The number of ether oxygens (including phenoxy) is 1. The smallest absolute Gasteiger partial charge is 0.323 e. The molecule has 2 amide bonds. The highest BCUT2D eigenvalue weighted by molar-refractivity contribution is 5.76. The first kappa shape index (κ1) is 15.3. The van der Waals surface area contributed by atoms with Crippen LogP contribution in [0.2, 0.25) is 0 Å². The summed E-state index contributed by atoms with van der Waals surface area (Å²) in [5, 5.41) is 5.19. The Hall–Kier alpha value is -2.08. The molecule has 2 rings (SSSR count). The second-order valence-electron chi connectivity index (χ2n) is 4.98. The normalized spacial score (nSPS) is 18.2. The lowest BCUT2D eigenvalue weighted by molar-refractivity contribution is -0.150. The quantitative estimate of drug-likeness (QED) is 0.797. The molecule has 1 saturated heterocycles. The van der Waals surface area contributed by atoms with Gasteiger partial charge in [0.15, 0.2) is 0 Å². The van der Waals surface area contributed by atoms with E-state index >= 15 is 0 Å². The predicted octanol–water partition coefficient (Wildman–Crippen LogP) is 1.08. The molecule has 0 saturated carbocycles. The molecule has 0 spiro atoms. The highest BCUT2D eigenvalue weighted by Crippen LogP contribution is 2.18. The summed E-state index contributed by atoms with van der Waals surface area (Å²) in [4.78, 5) is 25.3. The zero-order valence-corrected chi connectivity index (χ0v) is 12.2. The molecule has 1 atom stereocenters. The standard InChI is InChI=1S/C15H21N3O3/c1-16-15(20)17-11-18-9-5-8-13(18)14(19)21-10-12-6-3-2-4-7-12/h2-4,6-7,13H,5,8-11H2,1H3,(H2,16,17,20). The minimum Gasteiger partial charge on any atom is -0.460 e. The first-order valence-electron chi connectivity index (χ1n) is 7.11. The van der Waals surface area contributed by atoms with Gasteiger partial charge >= 0.3 is 12.0 Å². The fraction of sp³-hybridized carbons (Fsp3) is 0.467. The van der Waals surface area contributed by atoms with Gasteiger partial charge < -0.3 is 15.4 Å². The molecule has 0 radical (unpaired) electrons. The van der Waals surface area contributed by atoms with Crippen molar-refractivity contribution in [1.29, 1.82) is 0 Å². The van der Waals surface area contributed by atoms with E-state index in [1.165, 1.54) is 0 Å². The number of urea groups is 1. The summed E-state index contributed by atoms with van der Waals surface area (Å²) >= 11 is 0. The van der Waals surface area contributed by atoms with Gasteiger partial charge in [-0.15, -0.1) is 0 Å². The van der Waals surface area contributed by atoms with Crippen LogP contribution in [0, 0.1) is 0 Å². The maximum absolute atomic E-state index is 12.2. The lowest BCUT2D eigenvalue weighted by Crippen LogP contribution is -2.46. The van der Waals surface area contributed by atoms with Crippen LogP contribution in [0.5, 0.6) is 0 Å². The van der Waals surface area contributed by atoms with E-state index in [4.69, 9.17) is 4.74 Å². The third kappa shape index (κ3) is 4.46. The van der Waals surface area contributed by atoms with Gasteiger partial charge in [0.05, 0.1) is 6.67 Å². The number of nitrogens with one attached hydrogen (secondary N) is 2. The molecule has 1 heterocycles. The number of carbonyl (C=O) groups is 2. The van der Waals surface area contributed by atoms with E-state index in [1.54, 1.807) is 7.05 Å². The molecule has 21 heavy (non-hydrogen) atoms. The van der Waals surface area contributed by atoms with Crippen LogP contribution in [-0.2, 0) is 16.1 Å². The van der Waals surface area contributed by atoms with Crippen LogP contribution < -0.4 is 10.6 Å². The number of hydrogen-bond donors (Lipinski definition) is 2. The monoisotopic (exact) mass is 291 g/mol. The summed E-state index contributed by atoms with van der Waals surface area (Å²) in [6.45, 7) is 1.42. The molecule has 6 heteroatoms. The maximum Gasteiger partial charge on any atom is 0.323 e. The summed E-state index contributed by atoms with van der Waals surface area (Å²) < 4.78 is 5.37. The molecular formula is C15H21N3O3. The van der Waals surface area contributed by atoms with Crippen molar-refractivity contribution in [3.8, 4) is 0 Å². The van der Waals surface area contributed by atoms with Gasteiger partial charge in [-0.25, -0.2) is 4.79 Å². The second kappa shape index (κ2) is 7.64. The van der Waals surface area contributed by atoms with E-state index in [-0.39, 0.29) is 24.6 Å². The summed E-state index contributed by atoms with van der Waals surface area (Å²) in [6, 6.07) is 9.08. The molecule has 2 N–H and O–H groups in total. The van der Waals surface area contributed by atoms with Crippen molar-refractivity contribution in [3.05, 3.63) is 35.9 Å². The fourth-order valence-electron chi connectivity index (χ4n) is 2.37. The van der Waals surface area contributed by atoms with Gasteiger partial charge in [-0.3, -0.25) is 9.69 Å². The summed E-state index contributed by atoms with van der Waals surface area (Å²) in [6.07, 6.45) is 1.70. The van der Waals surface area contributed by atoms with Crippen molar-refractivity contribution in [3.63, 3.8) is 0 Å². The van der Waals surface area contributed by atoms with Gasteiger partial charge in [-0.05, 0) is 18.4 Å². The number of benzene rings is 1. The van der Waals surface area contributed by atoms with Crippen molar-refractivity contribution in [1.82, 2.24) is 15.5 Å². The van der Waals surface area contributed by atoms with Crippen LogP contribution in [0.25, 0.3) is 0 Å². The van der Waals surface area contributed by atoms with Gasteiger partial charge in [0, 0.05) is 13.6 Å². The molecule has 114 valence electrons. The summed E-state index contributed by atoms with van der Waals surface area (Å²) in [7, 11) is 1.56. The number of carbonyl (C=O) groups excluding carboxylic acids is 2.